The maximum Gasteiger partial charge on any atom is 0.252 e. The zero-order chi connectivity index (χ0) is 35.2. The lowest BCUT2D eigenvalue weighted by Crippen LogP contribution is -2.19. The lowest BCUT2D eigenvalue weighted by Gasteiger charge is -2.08. The Labute approximate surface area is 298 Å². The number of rotatable bonds is 22. The molecule has 0 aliphatic rings. The number of hydrogen-bond acceptors (Lipinski definition) is 9. The summed E-state index contributed by atoms with van der Waals surface area (Å²) in [6, 6.07) is 20.8. The Kier molecular flexibility index (Phi) is 17.4. The molecule has 0 bridgehead atoms. The molecule has 3 N–H and O–H groups in total. The summed E-state index contributed by atoms with van der Waals surface area (Å²) in [7, 11) is 3.28. The van der Waals surface area contributed by atoms with Crippen LogP contribution in [0.1, 0.15) is 47.3 Å². The van der Waals surface area contributed by atoms with Crippen LogP contribution in [0.5, 0.6) is 0 Å². The monoisotopic (exact) mass is 702 g/mol. The minimum Gasteiger partial charge on any atom is -0.382 e. The van der Waals surface area contributed by atoms with Crippen molar-refractivity contribution in [1.29, 1.82) is 0 Å². The van der Waals surface area contributed by atoms with Crippen LogP contribution in [-0.4, -0.2) is 95.6 Å². The first-order valence-electron chi connectivity index (χ1n) is 16.8. The molecule has 4 rings (SSSR count). The molecule has 1 aromatic heterocycles. The van der Waals surface area contributed by atoms with Crippen LogP contribution in [0, 0.1) is 11.8 Å². The fraction of sp³-hybridized carbons (Fsp3) is 0.395. The van der Waals surface area contributed by atoms with Gasteiger partial charge in [-0.2, -0.15) is 5.10 Å². The van der Waals surface area contributed by atoms with Crippen LogP contribution in [0.3, 0.4) is 0 Å². The minimum atomic E-state index is -0.245. The topological polar surface area (TPSA) is 133 Å². The predicted octanol–water partition coefficient (Wildman–Crippen LogP) is 5.69. The van der Waals surface area contributed by atoms with Crippen LogP contribution in [0.25, 0.3) is 10.9 Å². The van der Waals surface area contributed by atoms with Crippen molar-refractivity contribution in [3.63, 3.8) is 0 Å². The van der Waals surface area contributed by atoms with Crippen molar-refractivity contribution in [3.05, 3.63) is 83.6 Å². The third-order valence-electron chi connectivity index (χ3n) is 7.33. The van der Waals surface area contributed by atoms with E-state index in [9.17, 15) is 9.59 Å². The highest BCUT2D eigenvalue weighted by Gasteiger charge is 2.12. The van der Waals surface area contributed by atoms with E-state index in [2.05, 4.69) is 32.7 Å². The molecule has 12 heteroatoms. The highest BCUT2D eigenvalue weighted by atomic mass is 32.2. The molecule has 1 heterocycles. The second-order valence-corrected chi connectivity index (χ2v) is 12.2. The minimum absolute atomic E-state index is 0.0610. The summed E-state index contributed by atoms with van der Waals surface area (Å²) in [5.41, 5.74) is 3.46. The van der Waals surface area contributed by atoms with Gasteiger partial charge in [-0.3, -0.25) is 14.7 Å². The van der Waals surface area contributed by atoms with Crippen LogP contribution < -0.4 is 10.6 Å². The maximum atomic E-state index is 12.4. The summed E-state index contributed by atoms with van der Waals surface area (Å²) in [5, 5.41) is 13.9. The normalized spacial score (nSPS) is 10.9. The molecule has 266 valence electrons. The fourth-order valence-corrected chi connectivity index (χ4v) is 5.75. The highest BCUT2D eigenvalue weighted by molar-refractivity contribution is 7.99. The second kappa shape index (κ2) is 22.5. The average molecular weight is 703 g/mol. The van der Waals surface area contributed by atoms with E-state index in [-0.39, 0.29) is 18.4 Å². The first kappa shape index (κ1) is 38.6. The molecule has 4 aromatic rings. The molecular weight excluding hydrogens is 657 g/mol. The number of aromatic nitrogens is 2. The number of fused-ring (bicyclic) bond motifs is 1. The van der Waals surface area contributed by atoms with Gasteiger partial charge in [0.25, 0.3) is 5.91 Å². The van der Waals surface area contributed by atoms with Crippen LogP contribution in [0.15, 0.2) is 76.5 Å². The molecule has 0 saturated heterocycles. The van der Waals surface area contributed by atoms with Gasteiger partial charge in [-0.15, -0.1) is 0 Å². The van der Waals surface area contributed by atoms with E-state index < -0.39 is 0 Å². The van der Waals surface area contributed by atoms with Gasteiger partial charge >= 0.3 is 0 Å². The van der Waals surface area contributed by atoms with Crippen LogP contribution in [0.2, 0.25) is 0 Å². The summed E-state index contributed by atoms with van der Waals surface area (Å²) in [6.45, 7) is 4.55. The zero-order valence-corrected chi connectivity index (χ0v) is 29.6. The number of aromatic amines is 1. The number of carbonyl (C=O) groups excluding carboxylic acids is 2. The Morgan fingerprint density at radius 3 is 2.26 bits per heavy atom. The van der Waals surface area contributed by atoms with E-state index in [1.54, 1.807) is 14.2 Å². The van der Waals surface area contributed by atoms with E-state index in [4.69, 9.17) is 23.7 Å². The molecule has 0 saturated carbocycles. The molecular formula is C38H46N4O7S. The van der Waals surface area contributed by atoms with Crippen molar-refractivity contribution in [1.82, 2.24) is 15.5 Å². The number of anilines is 1. The summed E-state index contributed by atoms with van der Waals surface area (Å²) in [4.78, 5) is 26.5. The third kappa shape index (κ3) is 13.6. The Balaban J connectivity index is 1.12. The maximum absolute atomic E-state index is 12.4. The quantitative estimate of drug-likeness (QED) is 0.0699. The summed E-state index contributed by atoms with van der Waals surface area (Å²) in [6.07, 6.45) is 4.18. The lowest BCUT2D eigenvalue weighted by atomic mass is 10.1. The summed E-state index contributed by atoms with van der Waals surface area (Å²) in [5.74, 6) is 5.94. The van der Waals surface area contributed by atoms with Crippen molar-refractivity contribution < 1.29 is 33.3 Å². The van der Waals surface area contributed by atoms with E-state index in [0.29, 0.717) is 63.2 Å². The largest absolute Gasteiger partial charge is 0.382 e. The molecule has 3 aromatic carbocycles. The lowest BCUT2D eigenvalue weighted by molar-refractivity contribution is -0.121. The number of H-pyrrole nitrogens is 1. The number of unbranched alkanes of at least 4 members (excludes halogenated alkanes) is 3. The molecule has 0 atom stereocenters. The summed E-state index contributed by atoms with van der Waals surface area (Å²) >= 11 is 1.51. The van der Waals surface area contributed by atoms with Gasteiger partial charge in [0.2, 0.25) is 5.91 Å². The van der Waals surface area contributed by atoms with E-state index in [0.717, 1.165) is 58.5 Å². The van der Waals surface area contributed by atoms with Gasteiger partial charge < -0.3 is 34.3 Å². The number of ether oxygens (including phenoxy) is 5. The number of amides is 2. The van der Waals surface area contributed by atoms with Crippen LogP contribution >= 0.6 is 11.8 Å². The molecule has 2 amide bonds. The van der Waals surface area contributed by atoms with Crippen molar-refractivity contribution in [2.24, 2.45) is 0 Å². The number of benzene rings is 3. The van der Waals surface area contributed by atoms with E-state index >= 15 is 0 Å². The molecule has 0 aliphatic heterocycles. The zero-order valence-electron chi connectivity index (χ0n) is 28.8. The van der Waals surface area contributed by atoms with Gasteiger partial charge in [0.15, 0.2) is 0 Å². The van der Waals surface area contributed by atoms with Gasteiger partial charge in [-0.25, -0.2) is 0 Å². The Hall–Kier alpha value is -4.22. The van der Waals surface area contributed by atoms with E-state index in [1.807, 2.05) is 66.7 Å². The number of hydrogen-bond donors (Lipinski definition) is 3. The predicted molar refractivity (Wildman–Crippen MR) is 195 cm³/mol. The Morgan fingerprint density at radius 2 is 1.50 bits per heavy atom. The first-order valence-corrected chi connectivity index (χ1v) is 17.6. The van der Waals surface area contributed by atoms with E-state index in [1.165, 1.54) is 11.8 Å². The Bertz CT molecular complexity index is 1700. The average Bonchev–Trinajstić information content (AvgIpc) is 3.54. The first-order chi connectivity index (χ1) is 24.6. The fourth-order valence-electron chi connectivity index (χ4n) is 4.77. The van der Waals surface area contributed by atoms with Gasteiger partial charge in [0.05, 0.1) is 50.7 Å². The number of nitrogens with one attached hydrogen (secondary N) is 3. The molecule has 0 unspecified atom stereocenters. The number of carbonyl (C=O) groups is 2. The SMILES string of the molecule is CNC(=O)c1ccccc1Sc1ccc2c(C#Cc3cccc(NC(=O)COCCOCCCCCCOCCOCCOC)c3)[nH]nc2c1. The highest BCUT2D eigenvalue weighted by Crippen LogP contribution is 2.32. The smallest absolute Gasteiger partial charge is 0.252 e. The van der Waals surface area contributed by atoms with Gasteiger partial charge in [-0.05, 0) is 67.3 Å². The summed E-state index contributed by atoms with van der Waals surface area (Å²) < 4.78 is 26.9. The molecule has 0 aliphatic carbocycles. The molecule has 50 heavy (non-hydrogen) atoms. The van der Waals surface area contributed by atoms with Crippen molar-refractivity contribution in [3.8, 4) is 11.8 Å². The molecule has 0 radical (unpaired) electrons. The molecule has 0 fully saturated rings. The van der Waals surface area contributed by atoms with Gasteiger partial charge in [0.1, 0.15) is 12.3 Å². The van der Waals surface area contributed by atoms with Crippen molar-refractivity contribution >= 4 is 40.2 Å². The van der Waals surface area contributed by atoms with Gasteiger partial charge in [-0.1, -0.05) is 48.7 Å². The van der Waals surface area contributed by atoms with Gasteiger partial charge in [0, 0.05) is 53.8 Å². The van der Waals surface area contributed by atoms with Crippen molar-refractivity contribution in [2.45, 2.75) is 35.5 Å². The van der Waals surface area contributed by atoms with Crippen LogP contribution in [0.4, 0.5) is 5.69 Å². The third-order valence-corrected chi connectivity index (χ3v) is 8.39. The number of nitrogens with zero attached hydrogens (tertiary/aromatic N) is 1. The van der Waals surface area contributed by atoms with Crippen LogP contribution in [-0.2, 0) is 28.5 Å². The molecule has 0 spiro atoms. The number of methoxy groups -OCH3 is 1. The Morgan fingerprint density at radius 1 is 0.780 bits per heavy atom. The second-order valence-electron chi connectivity index (χ2n) is 11.1. The standard InChI is InChI=1S/C38H46N4O7S/c1-39-38(44)33-12-5-6-13-36(33)50-31-15-16-32-34(41-42-35(32)27-31)17-14-29-10-9-11-30(26-29)40-37(43)28-49-25-24-47-19-8-4-3-7-18-46-22-23-48-21-20-45-2/h5-6,9-13,15-16,26-27H,3-4,7-8,18-25,28H2,1-2H3,(H,39,44)(H,40,43)(H,41,42). The molecule has 11 nitrogen and oxygen atoms in total. The van der Waals surface area contributed by atoms with Crippen molar-refractivity contribution in [2.75, 3.05) is 78.9 Å².